The number of rotatable bonds is 9. The van der Waals surface area contributed by atoms with E-state index in [4.69, 9.17) is 10.5 Å². The van der Waals surface area contributed by atoms with Crippen LogP contribution in [0.15, 0.2) is 24.3 Å². The Kier molecular flexibility index (Phi) is 9.62. The van der Waals surface area contributed by atoms with Crippen molar-refractivity contribution in [2.75, 3.05) is 25.0 Å². The normalized spacial score (nSPS) is 15.4. The van der Waals surface area contributed by atoms with Crippen molar-refractivity contribution in [3.05, 3.63) is 29.8 Å². The number of benzene rings is 1. The number of nitrogens with one attached hydrogen (secondary N) is 2. The van der Waals surface area contributed by atoms with E-state index in [1.165, 1.54) is 0 Å². The number of likely N-dealkylation sites (tertiary alicyclic amines) is 1. The molecule has 1 aliphatic heterocycles. The molecule has 4 N–H and O–H groups in total. The Hall–Kier alpha value is -2.77. The quantitative estimate of drug-likeness (QED) is 0.516. The second-order valence-corrected chi connectivity index (χ2v) is 8.64. The Bertz CT molecular complexity index is 728. The molecule has 2 rings (SSSR count). The van der Waals surface area contributed by atoms with Gasteiger partial charge >= 0.3 is 12.1 Å². The largest absolute Gasteiger partial charge is 0.445 e. The second-order valence-electron chi connectivity index (χ2n) is 8.64. The standard InChI is InChI=1S/C23H36N4O4/c1-16(2)19-10-13-27(14-11-19)23(30)31-15-18-6-8-20(9-7-18)26-21(28)17(3)5-4-12-25-22(24)29/h6-9,16-17,19H,4-5,10-15H2,1-3H3,(H,26,28)(H3,24,25,29). The Balaban J connectivity index is 1.71. The first-order valence-corrected chi connectivity index (χ1v) is 11.1. The summed E-state index contributed by atoms with van der Waals surface area (Å²) in [4.78, 5) is 37.0. The minimum atomic E-state index is -0.557. The van der Waals surface area contributed by atoms with Crippen molar-refractivity contribution in [1.82, 2.24) is 10.2 Å². The molecule has 1 aromatic carbocycles. The molecule has 8 heteroatoms. The monoisotopic (exact) mass is 432 g/mol. The van der Waals surface area contributed by atoms with E-state index in [0.717, 1.165) is 31.5 Å². The third-order valence-electron chi connectivity index (χ3n) is 5.89. The highest BCUT2D eigenvalue weighted by atomic mass is 16.6. The number of urea groups is 1. The molecule has 1 saturated heterocycles. The number of carbonyl (C=O) groups is 3. The summed E-state index contributed by atoms with van der Waals surface area (Å²) in [6.07, 6.45) is 3.12. The van der Waals surface area contributed by atoms with Crippen LogP contribution in [0, 0.1) is 17.8 Å². The second kappa shape index (κ2) is 12.2. The number of nitrogens with zero attached hydrogens (tertiary/aromatic N) is 1. The number of hydrogen-bond donors (Lipinski definition) is 3. The molecule has 1 atom stereocenters. The average Bonchev–Trinajstić information content (AvgIpc) is 2.75. The van der Waals surface area contributed by atoms with Gasteiger partial charge in [0, 0.05) is 31.2 Å². The fourth-order valence-corrected chi connectivity index (χ4v) is 3.69. The van der Waals surface area contributed by atoms with Crippen LogP contribution in [0.3, 0.4) is 0 Å². The summed E-state index contributed by atoms with van der Waals surface area (Å²) >= 11 is 0. The number of carbonyl (C=O) groups excluding carboxylic acids is 3. The molecule has 0 aliphatic carbocycles. The van der Waals surface area contributed by atoms with Crippen LogP contribution in [-0.4, -0.2) is 42.6 Å². The van der Waals surface area contributed by atoms with Gasteiger partial charge in [-0.2, -0.15) is 0 Å². The summed E-state index contributed by atoms with van der Waals surface area (Å²) in [5.74, 6) is 1.07. The van der Waals surface area contributed by atoms with Gasteiger partial charge in [0.1, 0.15) is 6.61 Å². The van der Waals surface area contributed by atoms with E-state index in [2.05, 4.69) is 24.5 Å². The van der Waals surface area contributed by atoms with Crippen LogP contribution in [0.1, 0.15) is 52.0 Å². The molecule has 8 nitrogen and oxygen atoms in total. The molecule has 1 fully saturated rings. The van der Waals surface area contributed by atoms with Crippen molar-refractivity contribution >= 4 is 23.7 Å². The van der Waals surface area contributed by atoms with Gasteiger partial charge in [-0.05, 0) is 55.2 Å². The highest BCUT2D eigenvalue weighted by molar-refractivity contribution is 5.92. The number of amides is 4. The number of nitrogens with two attached hydrogens (primary N) is 1. The highest BCUT2D eigenvalue weighted by Gasteiger charge is 2.25. The molecule has 0 saturated carbocycles. The lowest BCUT2D eigenvalue weighted by molar-refractivity contribution is -0.119. The fourth-order valence-electron chi connectivity index (χ4n) is 3.69. The van der Waals surface area contributed by atoms with Crippen LogP contribution in [0.5, 0.6) is 0 Å². The first-order valence-electron chi connectivity index (χ1n) is 11.1. The third kappa shape index (κ3) is 8.47. The minimum absolute atomic E-state index is 0.0805. The Labute approximate surface area is 184 Å². The van der Waals surface area contributed by atoms with Crippen molar-refractivity contribution in [2.24, 2.45) is 23.5 Å². The van der Waals surface area contributed by atoms with Crippen LogP contribution >= 0.6 is 0 Å². The van der Waals surface area contributed by atoms with E-state index in [1.54, 1.807) is 17.0 Å². The lowest BCUT2D eigenvalue weighted by Crippen LogP contribution is -2.39. The fraction of sp³-hybridized carbons (Fsp3) is 0.609. The molecule has 1 aromatic rings. The number of primary amides is 1. The molecule has 0 bridgehead atoms. The van der Waals surface area contributed by atoms with Gasteiger partial charge in [0.2, 0.25) is 5.91 Å². The maximum atomic E-state index is 12.3. The molecule has 0 radical (unpaired) electrons. The molecule has 0 spiro atoms. The van der Waals surface area contributed by atoms with Gasteiger partial charge < -0.3 is 26.0 Å². The predicted molar refractivity (Wildman–Crippen MR) is 120 cm³/mol. The third-order valence-corrected chi connectivity index (χ3v) is 5.89. The predicted octanol–water partition coefficient (Wildman–Crippen LogP) is 3.71. The van der Waals surface area contributed by atoms with Crippen LogP contribution in [0.4, 0.5) is 15.3 Å². The lowest BCUT2D eigenvalue weighted by Gasteiger charge is -2.33. The molecule has 0 aromatic heterocycles. The van der Waals surface area contributed by atoms with E-state index < -0.39 is 6.03 Å². The maximum absolute atomic E-state index is 12.3. The summed E-state index contributed by atoms with van der Waals surface area (Å²) < 4.78 is 5.46. The molecular formula is C23H36N4O4. The van der Waals surface area contributed by atoms with Crippen molar-refractivity contribution < 1.29 is 19.1 Å². The van der Waals surface area contributed by atoms with Crippen molar-refractivity contribution in [3.63, 3.8) is 0 Å². The van der Waals surface area contributed by atoms with E-state index >= 15 is 0 Å². The molecule has 1 aliphatic rings. The van der Waals surface area contributed by atoms with E-state index in [1.807, 2.05) is 19.1 Å². The molecule has 1 unspecified atom stereocenters. The van der Waals surface area contributed by atoms with Gasteiger partial charge in [0.15, 0.2) is 0 Å². The van der Waals surface area contributed by atoms with E-state index in [0.29, 0.717) is 36.9 Å². The summed E-state index contributed by atoms with van der Waals surface area (Å²) in [6, 6.07) is 6.73. The highest BCUT2D eigenvalue weighted by Crippen LogP contribution is 2.24. The SMILES string of the molecule is CC(CCCNC(N)=O)C(=O)Nc1ccc(COC(=O)N2CCC(C(C)C)CC2)cc1. The maximum Gasteiger partial charge on any atom is 0.410 e. The lowest BCUT2D eigenvalue weighted by atomic mass is 9.87. The molecule has 4 amide bonds. The van der Waals surface area contributed by atoms with E-state index in [-0.39, 0.29) is 24.5 Å². The first kappa shape index (κ1) is 24.5. The smallest absolute Gasteiger partial charge is 0.410 e. The average molecular weight is 433 g/mol. The van der Waals surface area contributed by atoms with Crippen molar-refractivity contribution in [2.45, 2.75) is 53.1 Å². The summed E-state index contributed by atoms with van der Waals surface area (Å²) in [6.45, 7) is 8.48. The summed E-state index contributed by atoms with van der Waals surface area (Å²) in [5.41, 5.74) is 6.58. The zero-order valence-corrected chi connectivity index (χ0v) is 18.9. The summed E-state index contributed by atoms with van der Waals surface area (Å²) in [5, 5.41) is 5.39. The number of hydrogen-bond acceptors (Lipinski definition) is 4. The van der Waals surface area contributed by atoms with Gasteiger partial charge in [-0.1, -0.05) is 32.9 Å². The molecule has 31 heavy (non-hydrogen) atoms. The van der Waals surface area contributed by atoms with Crippen LogP contribution in [0.25, 0.3) is 0 Å². The minimum Gasteiger partial charge on any atom is -0.445 e. The van der Waals surface area contributed by atoms with Crippen LogP contribution < -0.4 is 16.4 Å². The zero-order valence-electron chi connectivity index (χ0n) is 18.9. The Morgan fingerprint density at radius 2 is 1.77 bits per heavy atom. The van der Waals surface area contributed by atoms with Crippen molar-refractivity contribution in [3.8, 4) is 0 Å². The van der Waals surface area contributed by atoms with Crippen molar-refractivity contribution in [1.29, 1.82) is 0 Å². The van der Waals surface area contributed by atoms with Crippen LogP contribution in [-0.2, 0) is 16.1 Å². The topological polar surface area (TPSA) is 114 Å². The number of piperidine rings is 1. The summed E-state index contributed by atoms with van der Waals surface area (Å²) in [7, 11) is 0. The van der Waals surface area contributed by atoms with Gasteiger partial charge in [-0.3, -0.25) is 4.79 Å². The van der Waals surface area contributed by atoms with Gasteiger partial charge in [-0.15, -0.1) is 0 Å². The van der Waals surface area contributed by atoms with Gasteiger partial charge in [-0.25, -0.2) is 9.59 Å². The van der Waals surface area contributed by atoms with Gasteiger partial charge in [0.25, 0.3) is 0 Å². The molecule has 1 heterocycles. The van der Waals surface area contributed by atoms with Crippen LogP contribution in [0.2, 0.25) is 0 Å². The number of ether oxygens (including phenoxy) is 1. The van der Waals surface area contributed by atoms with E-state index in [9.17, 15) is 14.4 Å². The molecule has 172 valence electrons. The first-order chi connectivity index (χ1) is 14.8. The van der Waals surface area contributed by atoms with Gasteiger partial charge in [0.05, 0.1) is 0 Å². The number of anilines is 1. The zero-order chi connectivity index (χ0) is 22.8. The Morgan fingerprint density at radius 3 is 2.35 bits per heavy atom. The Morgan fingerprint density at radius 1 is 1.13 bits per heavy atom. The molecular weight excluding hydrogens is 396 g/mol.